The van der Waals surface area contributed by atoms with Crippen LogP contribution in [0.25, 0.3) is 0 Å². The van der Waals surface area contributed by atoms with Gasteiger partial charge in [-0.3, -0.25) is 4.99 Å². The van der Waals surface area contributed by atoms with Crippen LogP contribution in [0.4, 0.5) is 0 Å². The molecule has 0 aromatic carbocycles. The topological polar surface area (TPSA) is 51.9 Å². The molecule has 29 heavy (non-hydrogen) atoms. The second-order valence-electron chi connectivity index (χ2n) is 8.38. The zero-order valence-electron chi connectivity index (χ0n) is 18.5. The molecule has 2 aliphatic rings. The molecule has 8 heteroatoms. The van der Waals surface area contributed by atoms with Crippen molar-refractivity contribution in [1.82, 2.24) is 29.6 Å². The van der Waals surface area contributed by atoms with Gasteiger partial charge in [0.15, 0.2) is 5.96 Å². The maximum absolute atomic E-state index is 4.95. The van der Waals surface area contributed by atoms with Crippen molar-refractivity contribution in [3.63, 3.8) is 0 Å². The SMILES string of the molecule is CCNC(=NCCCCN1CCN(C)CC1)N1CCC(C)C(n2ccnc2)C1.I. The third kappa shape index (κ3) is 7.40. The van der Waals surface area contributed by atoms with Gasteiger partial charge in [-0.05, 0) is 45.7 Å². The fourth-order valence-electron chi connectivity index (χ4n) is 4.22. The maximum Gasteiger partial charge on any atom is 0.193 e. The highest BCUT2D eigenvalue weighted by Gasteiger charge is 2.28. The van der Waals surface area contributed by atoms with Crippen LogP contribution in [-0.2, 0) is 0 Å². The minimum absolute atomic E-state index is 0. The van der Waals surface area contributed by atoms with E-state index in [0.29, 0.717) is 12.0 Å². The highest BCUT2D eigenvalue weighted by Crippen LogP contribution is 2.27. The summed E-state index contributed by atoms with van der Waals surface area (Å²) in [6.07, 6.45) is 9.51. The highest BCUT2D eigenvalue weighted by atomic mass is 127. The zero-order valence-corrected chi connectivity index (χ0v) is 20.8. The molecule has 3 heterocycles. The van der Waals surface area contributed by atoms with E-state index in [-0.39, 0.29) is 24.0 Å². The summed E-state index contributed by atoms with van der Waals surface area (Å²) in [4.78, 5) is 16.6. The van der Waals surface area contributed by atoms with Gasteiger partial charge in [0.25, 0.3) is 0 Å². The molecule has 1 aromatic heterocycles. The first-order valence-corrected chi connectivity index (χ1v) is 11.1. The lowest BCUT2D eigenvalue weighted by molar-refractivity contribution is 0.152. The number of hydrogen-bond donors (Lipinski definition) is 1. The number of piperazine rings is 1. The summed E-state index contributed by atoms with van der Waals surface area (Å²) < 4.78 is 2.26. The van der Waals surface area contributed by atoms with Crippen LogP contribution in [0.3, 0.4) is 0 Å². The Morgan fingerprint density at radius 1 is 1.17 bits per heavy atom. The number of hydrogen-bond acceptors (Lipinski definition) is 4. The number of likely N-dealkylation sites (N-methyl/N-ethyl adjacent to an activating group) is 1. The number of likely N-dealkylation sites (tertiary alicyclic amines) is 1. The molecular formula is C21H40IN7. The van der Waals surface area contributed by atoms with Gasteiger partial charge in [0.05, 0.1) is 12.4 Å². The van der Waals surface area contributed by atoms with E-state index in [2.05, 4.69) is 56.7 Å². The Hall–Kier alpha value is -0.870. The summed E-state index contributed by atoms with van der Waals surface area (Å²) in [6.45, 7) is 14.5. The normalized spacial score (nSPS) is 24.4. The van der Waals surface area contributed by atoms with Gasteiger partial charge < -0.3 is 24.6 Å². The predicted octanol–water partition coefficient (Wildman–Crippen LogP) is 2.38. The first kappa shape index (κ1) is 24.4. The van der Waals surface area contributed by atoms with Crippen molar-refractivity contribution in [2.24, 2.45) is 10.9 Å². The molecule has 2 saturated heterocycles. The fraction of sp³-hybridized carbons (Fsp3) is 0.810. The number of piperidine rings is 1. The van der Waals surface area contributed by atoms with Crippen LogP contribution >= 0.6 is 24.0 Å². The molecule has 1 aromatic rings. The molecule has 2 unspecified atom stereocenters. The largest absolute Gasteiger partial charge is 0.357 e. The molecule has 7 nitrogen and oxygen atoms in total. The van der Waals surface area contributed by atoms with Crippen molar-refractivity contribution >= 4 is 29.9 Å². The monoisotopic (exact) mass is 517 g/mol. The molecular weight excluding hydrogens is 477 g/mol. The van der Waals surface area contributed by atoms with Crippen LogP contribution in [0.15, 0.2) is 23.7 Å². The second-order valence-corrected chi connectivity index (χ2v) is 8.38. The first-order valence-electron chi connectivity index (χ1n) is 11.1. The van der Waals surface area contributed by atoms with Crippen molar-refractivity contribution < 1.29 is 0 Å². The molecule has 0 spiro atoms. The Bertz CT molecular complexity index is 584. The molecule has 1 N–H and O–H groups in total. The fourth-order valence-corrected chi connectivity index (χ4v) is 4.22. The number of nitrogens with one attached hydrogen (secondary N) is 1. The van der Waals surface area contributed by atoms with Gasteiger partial charge in [-0.1, -0.05) is 6.92 Å². The molecule has 0 amide bonds. The van der Waals surface area contributed by atoms with Gasteiger partial charge in [0, 0.05) is 64.8 Å². The lowest BCUT2D eigenvalue weighted by Gasteiger charge is -2.39. The number of rotatable bonds is 7. The number of aromatic nitrogens is 2. The lowest BCUT2D eigenvalue weighted by Crippen LogP contribution is -2.49. The number of guanidine groups is 1. The van der Waals surface area contributed by atoms with Crippen LogP contribution in [0.2, 0.25) is 0 Å². The van der Waals surface area contributed by atoms with E-state index in [1.54, 1.807) is 0 Å². The predicted molar refractivity (Wildman–Crippen MR) is 131 cm³/mol. The number of nitrogens with zero attached hydrogens (tertiary/aromatic N) is 6. The van der Waals surface area contributed by atoms with Gasteiger partial charge in [-0.15, -0.1) is 24.0 Å². The average Bonchev–Trinajstić information content (AvgIpc) is 3.23. The molecule has 0 radical (unpaired) electrons. The number of unbranched alkanes of at least 4 members (excludes halogenated alkanes) is 1. The van der Waals surface area contributed by atoms with E-state index in [9.17, 15) is 0 Å². The zero-order chi connectivity index (χ0) is 19.8. The van der Waals surface area contributed by atoms with Crippen LogP contribution in [0.5, 0.6) is 0 Å². The van der Waals surface area contributed by atoms with Crippen molar-refractivity contribution in [3.8, 4) is 0 Å². The summed E-state index contributed by atoms with van der Waals surface area (Å²) in [5.41, 5.74) is 0. The second kappa shape index (κ2) is 12.7. The minimum Gasteiger partial charge on any atom is -0.357 e. The lowest BCUT2D eigenvalue weighted by atomic mass is 9.93. The quantitative estimate of drug-likeness (QED) is 0.261. The maximum atomic E-state index is 4.95. The van der Waals surface area contributed by atoms with E-state index in [4.69, 9.17) is 4.99 Å². The standard InChI is InChI=1S/C21H39N7.HI/c1-4-23-21(24-8-5-6-10-26-15-13-25(3)14-16-26)27-11-7-19(2)20(17-27)28-12-9-22-18-28;/h9,12,18-20H,4-8,10-11,13-17H2,1-3H3,(H,23,24);1H. The summed E-state index contributed by atoms with van der Waals surface area (Å²) in [5, 5.41) is 3.51. The average molecular weight is 518 g/mol. The number of imidazole rings is 1. The van der Waals surface area contributed by atoms with Crippen LogP contribution < -0.4 is 5.32 Å². The van der Waals surface area contributed by atoms with Crippen LogP contribution in [-0.4, -0.2) is 96.2 Å². The van der Waals surface area contributed by atoms with Gasteiger partial charge in [0.1, 0.15) is 0 Å². The third-order valence-electron chi connectivity index (χ3n) is 6.20. The third-order valence-corrected chi connectivity index (χ3v) is 6.20. The molecule has 0 saturated carbocycles. The summed E-state index contributed by atoms with van der Waals surface area (Å²) >= 11 is 0. The Balaban J connectivity index is 0.00000300. The molecule has 2 atom stereocenters. The van der Waals surface area contributed by atoms with Gasteiger partial charge in [-0.25, -0.2) is 4.98 Å². The van der Waals surface area contributed by atoms with Crippen molar-refractivity contribution in [3.05, 3.63) is 18.7 Å². The van der Waals surface area contributed by atoms with Crippen LogP contribution in [0.1, 0.15) is 39.2 Å². The Kier molecular flexibility index (Phi) is 10.7. The smallest absolute Gasteiger partial charge is 0.193 e. The molecule has 3 rings (SSSR count). The first-order chi connectivity index (χ1) is 13.7. The summed E-state index contributed by atoms with van der Waals surface area (Å²) in [5.74, 6) is 1.75. The molecule has 2 fully saturated rings. The van der Waals surface area contributed by atoms with Crippen molar-refractivity contribution in [2.75, 3.05) is 66.0 Å². The van der Waals surface area contributed by atoms with Gasteiger partial charge >= 0.3 is 0 Å². The highest BCUT2D eigenvalue weighted by molar-refractivity contribution is 14.0. The van der Waals surface area contributed by atoms with Gasteiger partial charge in [0.2, 0.25) is 0 Å². The van der Waals surface area contributed by atoms with E-state index in [0.717, 1.165) is 38.6 Å². The van der Waals surface area contributed by atoms with E-state index >= 15 is 0 Å². The number of halogens is 1. The molecule has 2 aliphatic heterocycles. The minimum atomic E-state index is 0. The van der Waals surface area contributed by atoms with E-state index < -0.39 is 0 Å². The Morgan fingerprint density at radius 2 is 1.97 bits per heavy atom. The van der Waals surface area contributed by atoms with Crippen LogP contribution in [0, 0.1) is 5.92 Å². The molecule has 166 valence electrons. The van der Waals surface area contributed by atoms with Crippen molar-refractivity contribution in [2.45, 2.75) is 39.2 Å². The molecule has 0 bridgehead atoms. The number of aliphatic imine (C=N–C) groups is 1. The van der Waals surface area contributed by atoms with Crippen molar-refractivity contribution in [1.29, 1.82) is 0 Å². The summed E-state index contributed by atoms with van der Waals surface area (Å²) in [7, 11) is 2.22. The molecule has 0 aliphatic carbocycles. The Morgan fingerprint density at radius 3 is 2.66 bits per heavy atom. The van der Waals surface area contributed by atoms with E-state index in [1.807, 2.05) is 12.5 Å². The van der Waals surface area contributed by atoms with Gasteiger partial charge in [-0.2, -0.15) is 0 Å². The summed E-state index contributed by atoms with van der Waals surface area (Å²) in [6, 6.07) is 0.470. The Labute approximate surface area is 193 Å². The van der Waals surface area contributed by atoms with E-state index in [1.165, 1.54) is 45.6 Å².